The number of nitrogens with zero attached hydrogens (tertiary/aromatic N) is 4. The maximum atomic E-state index is 13.9. The second-order valence-corrected chi connectivity index (χ2v) is 13.7. The highest BCUT2D eigenvalue weighted by Gasteiger charge is 2.43. The number of nitrogens with one attached hydrogen (secondary N) is 1. The molecule has 2 N–H and O–H groups in total. The first-order chi connectivity index (χ1) is 22.1. The first-order valence-corrected chi connectivity index (χ1v) is 16.8. The molecule has 2 aromatic heterocycles. The van der Waals surface area contributed by atoms with Gasteiger partial charge in [0.05, 0.1) is 41.3 Å². The van der Waals surface area contributed by atoms with Gasteiger partial charge in [-0.05, 0) is 43.5 Å². The van der Waals surface area contributed by atoms with Crippen LogP contribution in [0.15, 0.2) is 48.8 Å². The summed E-state index contributed by atoms with van der Waals surface area (Å²) in [5.74, 6) is -1.28. The van der Waals surface area contributed by atoms with Gasteiger partial charge in [0.15, 0.2) is 0 Å². The molecular formula is C33H35Cl2N5O5S. The van der Waals surface area contributed by atoms with Crippen LogP contribution in [0.5, 0.6) is 0 Å². The average molecular weight is 685 g/mol. The van der Waals surface area contributed by atoms with Crippen LogP contribution < -0.4 is 5.32 Å². The van der Waals surface area contributed by atoms with Crippen LogP contribution in [0, 0.1) is 0 Å². The van der Waals surface area contributed by atoms with Crippen molar-refractivity contribution in [1.82, 2.24) is 19.4 Å². The van der Waals surface area contributed by atoms with Crippen molar-refractivity contribution in [3.8, 4) is 0 Å². The molecular weight excluding hydrogens is 649 g/mol. The summed E-state index contributed by atoms with van der Waals surface area (Å²) in [6, 6.07) is 10.8. The molecule has 10 nitrogen and oxygen atoms in total. The fourth-order valence-electron chi connectivity index (χ4n) is 6.32. The number of rotatable bonds is 11. The minimum Gasteiger partial charge on any atom is -0.481 e. The number of para-hydroxylation sites is 1. The number of fused-ring (bicyclic) bond motifs is 1. The number of carboxylic acids is 1. The average Bonchev–Trinajstić information content (AvgIpc) is 3.74. The minimum absolute atomic E-state index is 0.0259. The number of carbonyl (C=O) groups excluding carboxylic acids is 2. The topological polar surface area (TPSA) is 117 Å². The Kier molecular flexibility index (Phi) is 9.67. The molecule has 2 aromatic carbocycles. The third-order valence-electron chi connectivity index (χ3n) is 8.70. The minimum atomic E-state index is -0.857. The lowest BCUT2D eigenvalue weighted by molar-refractivity contribution is -0.137. The number of hydrogen-bond donors (Lipinski definition) is 2. The zero-order valence-electron chi connectivity index (χ0n) is 25.5. The van der Waals surface area contributed by atoms with E-state index in [1.54, 1.807) is 24.5 Å². The van der Waals surface area contributed by atoms with Crippen LogP contribution in [0.2, 0.25) is 10.0 Å². The van der Waals surface area contributed by atoms with Crippen molar-refractivity contribution in [3.05, 3.63) is 79.8 Å². The van der Waals surface area contributed by atoms with Gasteiger partial charge in [-0.25, -0.2) is 4.98 Å². The van der Waals surface area contributed by atoms with Gasteiger partial charge in [-0.15, -0.1) is 11.3 Å². The van der Waals surface area contributed by atoms with Crippen LogP contribution in [0.1, 0.15) is 51.6 Å². The number of thiazole rings is 1. The second kappa shape index (κ2) is 13.7. The standard InChI is InChI=1S/C33H35Cl2N5O5S/c1-3-45-21-16-39(17-21)20-12-29(33-36-14-22(46-33)8-9-31(42)43)40(15-20)30(41)11-19-10-26(35)27(13-25(19)34)37-32(44)24-18-38(2)28-7-5-4-6-23(24)28/h4-7,10,13-14,18,20-21,29H,3,8-9,11-12,15-17H2,1-2H3,(H,37,44)(H,42,43)/t20-,29-/m0/s1. The molecule has 0 aliphatic carbocycles. The molecule has 0 saturated carbocycles. The highest BCUT2D eigenvalue weighted by atomic mass is 35.5. The zero-order valence-corrected chi connectivity index (χ0v) is 27.9. The van der Waals surface area contributed by atoms with E-state index in [2.05, 4.69) is 15.2 Å². The van der Waals surface area contributed by atoms with Gasteiger partial charge in [-0.2, -0.15) is 0 Å². The number of amides is 2. The number of aliphatic carboxylic acids is 1. The van der Waals surface area contributed by atoms with Crippen LogP contribution in [0.25, 0.3) is 10.9 Å². The lowest BCUT2D eigenvalue weighted by atomic mass is 10.1. The van der Waals surface area contributed by atoms with Crippen molar-refractivity contribution in [2.24, 2.45) is 7.05 Å². The van der Waals surface area contributed by atoms with Gasteiger partial charge < -0.3 is 24.6 Å². The number of aromatic nitrogens is 2. The van der Waals surface area contributed by atoms with Gasteiger partial charge in [0.2, 0.25) is 5.91 Å². The van der Waals surface area contributed by atoms with E-state index in [0.717, 1.165) is 40.3 Å². The number of benzene rings is 2. The molecule has 0 bridgehead atoms. The summed E-state index contributed by atoms with van der Waals surface area (Å²) in [7, 11) is 1.88. The molecule has 46 heavy (non-hydrogen) atoms. The van der Waals surface area contributed by atoms with E-state index in [4.69, 9.17) is 33.0 Å². The molecule has 4 heterocycles. The normalized spacial score (nSPS) is 18.7. The Balaban J connectivity index is 1.18. The number of hydrogen-bond acceptors (Lipinski definition) is 7. The molecule has 2 aliphatic rings. The van der Waals surface area contributed by atoms with Crippen molar-refractivity contribution in [2.45, 2.75) is 50.8 Å². The maximum Gasteiger partial charge on any atom is 0.303 e. The summed E-state index contributed by atoms with van der Waals surface area (Å²) in [5, 5.41) is 14.2. The van der Waals surface area contributed by atoms with E-state index in [1.165, 1.54) is 11.3 Å². The van der Waals surface area contributed by atoms with Crippen LogP contribution in [0.4, 0.5) is 5.69 Å². The van der Waals surface area contributed by atoms with Crippen LogP contribution in [-0.4, -0.2) is 80.6 Å². The van der Waals surface area contributed by atoms with E-state index in [1.807, 2.05) is 47.7 Å². The monoisotopic (exact) mass is 683 g/mol. The van der Waals surface area contributed by atoms with E-state index >= 15 is 0 Å². The van der Waals surface area contributed by atoms with Crippen molar-refractivity contribution in [2.75, 3.05) is 31.6 Å². The summed E-state index contributed by atoms with van der Waals surface area (Å²) < 4.78 is 7.64. The number of ether oxygens (including phenoxy) is 1. The number of likely N-dealkylation sites (tertiary alicyclic amines) is 2. The lowest BCUT2D eigenvalue weighted by Gasteiger charge is -2.42. The van der Waals surface area contributed by atoms with E-state index in [-0.39, 0.29) is 47.9 Å². The van der Waals surface area contributed by atoms with Crippen molar-refractivity contribution in [3.63, 3.8) is 0 Å². The highest BCUT2D eigenvalue weighted by Crippen LogP contribution is 2.39. The predicted molar refractivity (Wildman–Crippen MR) is 179 cm³/mol. The fourth-order valence-corrected chi connectivity index (χ4v) is 7.82. The molecule has 4 aromatic rings. The number of halogens is 2. The van der Waals surface area contributed by atoms with E-state index in [9.17, 15) is 14.4 Å². The van der Waals surface area contributed by atoms with Crippen LogP contribution in [-0.2, 0) is 34.2 Å². The number of carbonyl (C=O) groups is 3. The summed E-state index contributed by atoms with van der Waals surface area (Å²) in [6.45, 7) is 4.84. The third-order valence-corrected chi connectivity index (χ3v) is 10.5. The van der Waals surface area contributed by atoms with Gasteiger partial charge in [0.25, 0.3) is 5.91 Å². The van der Waals surface area contributed by atoms with Gasteiger partial charge in [0.1, 0.15) is 5.01 Å². The van der Waals surface area contributed by atoms with Gasteiger partial charge in [0, 0.05) is 72.5 Å². The Morgan fingerprint density at radius 1 is 1.13 bits per heavy atom. The van der Waals surface area contributed by atoms with Gasteiger partial charge >= 0.3 is 5.97 Å². The molecule has 0 unspecified atom stereocenters. The number of anilines is 1. The zero-order chi connectivity index (χ0) is 32.5. The highest BCUT2D eigenvalue weighted by molar-refractivity contribution is 7.11. The predicted octanol–water partition coefficient (Wildman–Crippen LogP) is 5.82. The Labute approximate surface area is 280 Å². The molecule has 13 heteroatoms. The molecule has 2 fully saturated rings. The van der Waals surface area contributed by atoms with E-state index in [0.29, 0.717) is 41.4 Å². The van der Waals surface area contributed by atoms with Crippen LogP contribution >= 0.6 is 34.5 Å². The molecule has 2 saturated heterocycles. The molecule has 242 valence electrons. The molecule has 2 atom stereocenters. The van der Waals surface area contributed by atoms with Crippen LogP contribution in [0.3, 0.4) is 0 Å². The SMILES string of the molecule is CCOC1CN([C@H]2C[C@@H](c3ncc(CCC(=O)O)s3)N(C(=O)Cc3cc(Cl)c(NC(=O)c4cn(C)c5ccccc45)cc3Cl)C2)C1. The van der Waals surface area contributed by atoms with Crippen molar-refractivity contribution in [1.29, 1.82) is 0 Å². The quantitative estimate of drug-likeness (QED) is 0.205. The number of carboxylic acid groups (broad SMARTS) is 1. The Morgan fingerprint density at radius 2 is 1.91 bits per heavy atom. The smallest absolute Gasteiger partial charge is 0.303 e. The molecule has 0 radical (unpaired) electrons. The first kappa shape index (κ1) is 32.5. The lowest BCUT2D eigenvalue weighted by Crippen LogP contribution is -2.57. The Bertz CT molecular complexity index is 1790. The maximum absolute atomic E-state index is 13.9. The third kappa shape index (κ3) is 6.79. The Morgan fingerprint density at radius 3 is 2.67 bits per heavy atom. The first-order valence-electron chi connectivity index (χ1n) is 15.3. The fraction of sp³-hybridized carbons (Fsp3) is 0.394. The molecule has 6 rings (SSSR count). The van der Waals surface area contributed by atoms with Crippen molar-refractivity contribution < 1.29 is 24.2 Å². The van der Waals surface area contributed by atoms with Gasteiger partial charge in [-0.3, -0.25) is 19.3 Å². The molecule has 2 aliphatic heterocycles. The largest absolute Gasteiger partial charge is 0.481 e. The molecule has 2 amide bonds. The van der Waals surface area contributed by atoms with Crippen molar-refractivity contribution >= 4 is 68.9 Å². The van der Waals surface area contributed by atoms with Gasteiger partial charge in [-0.1, -0.05) is 41.4 Å². The number of aryl methyl sites for hydroxylation is 2. The van der Waals surface area contributed by atoms with E-state index < -0.39 is 5.97 Å². The Hall–Kier alpha value is -3.48. The summed E-state index contributed by atoms with van der Waals surface area (Å²) in [4.78, 5) is 47.9. The summed E-state index contributed by atoms with van der Waals surface area (Å²) in [6.07, 6.45) is 4.88. The second-order valence-electron chi connectivity index (χ2n) is 11.8. The summed E-state index contributed by atoms with van der Waals surface area (Å²) in [5.41, 5.74) is 2.37. The molecule has 0 spiro atoms. The summed E-state index contributed by atoms with van der Waals surface area (Å²) >= 11 is 14.8.